The van der Waals surface area contributed by atoms with Crippen molar-refractivity contribution in [2.75, 3.05) is 31.3 Å². The number of ether oxygens (including phenoxy) is 5. The molecule has 18 nitrogen and oxygen atoms in total. The fraction of sp³-hybridized carbons (Fsp3) is 0.500. The number of rotatable bonds is 14. The van der Waals surface area contributed by atoms with Gasteiger partial charge in [0.15, 0.2) is 29.4 Å². The van der Waals surface area contributed by atoms with Crippen LogP contribution in [0.15, 0.2) is 30.6 Å². The monoisotopic (exact) mass is 677 g/mol. The Morgan fingerprint density at radius 2 is 1.91 bits per heavy atom. The van der Waals surface area contributed by atoms with Crippen LogP contribution in [0.5, 0.6) is 5.75 Å². The summed E-state index contributed by atoms with van der Waals surface area (Å²) in [4.78, 5) is 49.3. The number of fused-ring (bicyclic) bond motifs is 2. The fourth-order valence-corrected chi connectivity index (χ4v) is 6.84. The Bertz CT molecular complexity index is 1700. The van der Waals surface area contributed by atoms with Gasteiger partial charge < -0.3 is 39.7 Å². The van der Waals surface area contributed by atoms with Gasteiger partial charge in [-0.05, 0) is 45.7 Å². The molecule has 5 N–H and O–H groups in total. The zero-order valence-corrected chi connectivity index (χ0v) is 27.0. The molecule has 0 radical (unpaired) electrons. The van der Waals surface area contributed by atoms with E-state index in [0.717, 1.165) is 0 Å². The molecule has 0 bridgehead atoms. The van der Waals surface area contributed by atoms with Crippen molar-refractivity contribution in [2.24, 2.45) is 0 Å². The largest absolute Gasteiger partial charge is 0.509 e. The van der Waals surface area contributed by atoms with Gasteiger partial charge in [-0.3, -0.25) is 18.7 Å². The van der Waals surface area contributed by atoms with E-state index in [9.17, 15) is 18.9 Å². The minimum absolute atomic E-state index is 0.0351. The van der Waals surface area contributed by atoms with E-state index in [1.54, 1.807) is 45.0 Å². The van der Waals surface area contributed by atoms with Crippen molar-refractivity contribution < 1.29 is 51.7 Å². The summed E-state index contributed by atoms with van der Waals surface area (Å²) in [6.45, 7) is 6.20. The number of carbonyl (C=O) groups is 3. The number of imidazole rings is 1. The Hall–Kier alpha value is -4.51. The number of benzene rings is 1. The van der Waals surface area contributed by atoms with Gasteiger partial charge in [-0.1, -0.05) is 18.2 Å². The molecule has 2 fully saturated rings. The predicted molar refractivity (Wildman–Crippen MR) is 163 cm³/mol. The summed E-state index contributed by atoms with van der Waals surface area (Å²) in [6.07, 6.45) is -2.52. The van der Waals surface area contributed by atoms with Crippen LogP contribution in [0.1, 0.15) is 45.9 Å². The predicted octanol–water partition coefficient (Wildman–Crippen LogP) is 2.42. The second kappa shape index (κ2) is 13.7. The number of nitrogens with zero attached hydrogens (tertiary/aromatic N) is 4. The Kier molecular flexibility index (Phi) is 9.86. The van der Waals surface area contributed by atoms with Crippen LogP contribution >= 0.6 is 7.75 Å². The van der Waals surface area contributed by atoms with Gasteiger partial charge in [-0.15, -0.1) is 0 Å². The molecule has 2 aliphatic heterocycles. The standard InChI is InChI=1S/C28H36N7O11P/c1-5-40-19(36)12-11-16-9-7-8-10-17(16)46-47(39,34-15(3)24(37)41-6-2)42-13-18-21-28(4,45-27(38)44-21)25(43-18)35-14-31-20-22(29)32-26(30)33-23(20)35/h7-10,14-15,18,21,25H,5-6,11-13H2,1-4H3,(H,34,39)(H4,29,30,32,33)/t15-,18+,21+,25+,28+,47?/m0/s1. The summed E-state index contributed by atoms with van der Waals surface area (Å²) in [6, 6.07) is 5.48. The SMILES string of the molecule is CCOC(=O)CCc1ccccc1OP(=O)(N[C@@H](C)C(=O)OCC)OC[C@H]1O[C@@H](n2cnc3c(N)nc(N)nc32)[C@]2(C)OC(=O)O[C@H]12. The number of aryl methyl sites for hydroxylation is 1. The molecular formula is C28H36N7O11P. The number of aromatic nitrogens is 4. The number of hydrogen-bond donors (Lipinski definition) is 3. The average molecular weight is 678 g/mol. The molecule has 0 amide bonds. The molecule has 0 spiro atoms. The first-order chi connectivity index (χ1) is 22.4. The zero-order valence-electron chi connectivity index (χ0n) is 26.1. The summed E-state index contributed by atoms with van der Waals surface area (Å²) in [5, 5.41) is 2.61. The molecule has 2 saturated heterocycles. The number of nitrogen functional groups attached to an aromatic ring is 2. The molecule has 19 heteroatoms. The number of para-hydroxylation sites is 1. The Balaban J connectivity index is 1.41. The van der Waals surface area contributed by atoms with Crippen LogP contribution in [-0.4, -0.2) is 81.3 Å². The van der Waals surface area contributed by atoms with E-state index in [4.69, 9.17) is 44.2 Å². The second-order valence-corrected chi connectivity index (χ2v) is 12.5. The lowest BCUT2D eigenvalue weighted by Crippen LogP contribution is -2.42. The highest BCUT2D eigenvalue weighted by Gasteiger charge is 2.64. The molecular weight excluding hydrogens is 641 g/mol. The molecule has 5 rings (SSSR count). The minimum atomic E-state index is -4.42. The summed E-state index contributed by atoms with van der Waals surface area (Å²) in [5.74, 6) is -1.06. The summed E-state index contributed by atoms with van der Waals surface area (Å²) >= 11 is 0. The van der Waals surface area contributed by atoms with Gasteiger partial charge in [-0.25, -0.2) is 14.3 Å². The maximum Gasteiger partial charge on any atom is 0.509 e. The normalized spacial score (nSPS) is 23.7. The molecule has 6 atom stereocenters. The van der Waals surface area contributed by atoms with Crippen molar-refractivity contribution in [3.8, 4) is 5.75 Å². The molecule has 0 aliphatic carbocycles. The van der Waals surface area contributed by atoms with E-state index in [1.165, 1.54) is 17.8 Å². The molecule has 1 unspecified atom stereocenters. The van der Waals surface area contributed by atoms with Crippen molar-refractivity contribution in [1.82, 2.24) is 24.6 Å². The zero-order chi connectivity index (χ0) is 33.9. The number of nitrogens with one attached hydrogen (secondary N) is 1. The third-order valence-electron chi connectivity index (χ3n) is 7.44. The topological polar surface area (TPSA) is 241 Å². The quantitative estimate of drug-likeness (QED) is 0.126. The summed E-state index contributed by atoms with van der Waals surface area (Å²) in [5.41, 5.74) is 11.3. The van der Waals surface area contributed by atoms with Gasteiger partial charge in [0.2, 0.25) is 5.95 Å². The van der Waals surface area contributed by atoms with Gasteiger partial charge in [0.1, 0.15) is 23.4 Å². The lowest BCUT2D eigenvalue weighted by molar-refractivity contribution is -0.145. The smallest absolute Gasteiger partial charge is 0.466 e. The van der Waals surface area contributed by atoms with Gasteiger partial charge in [0.05, 0.1) is 26.1 Å². The van der Waals surface area contributed by atoms with Crippen LogP contribution < -0.4 is 21.1 Å². The lowest BCUT2D eigenvalue weighted by Gasteiger charge is -2.26. The molecule has 47 heavy (non-hydrogen) atoms. The van der Waals surface area contributed by atoms with Gasteiger partial charge in [0, 0.05) is 6.42 Å². The van der Waals surface area contributed by atoms with Crippen molar-refractivity contribution in [1.29, 1.82) is 0 Å². The van der Waals surface area contributed by atoms with E-state index in [2.05, 4.69) is 20.0 Å². The van der Waals surface area contributed by atoms with Crippen molar-refractivity contribution in [3.63, 3.8) is 0 Å². The Morgan fingerprint density at radius 3 is 2.66 bits per heavy atom. The molecule has 0 saturated carbocycles. The van der Waals surface area contributed by atoms with Crippen molar-refractivity contribution in [3.05, 3.63) is 36.2 Å². The molecule has 254 valence electrons. The number of esters is 2. The molecule has 1 aromatic carbocycles. The maximum atomic E-state index is 14.3. The van der Waals surface area contributed by atoms with Gasteiger partial charge >= 0.3 is 25.8 Å². The average Bonchev–Trinajstić information content (AvgIpc) is 3.64. The Labute approximate surface area is 268 Å². The van der Waals surface area contributed by atoms with Crippen molar-refractivity contribution in [2.45, 2.75) is 70.6 Å². The van der Waals surface area contributed by atoms with Crippen LogP contribution in [0.4, 0.5) is 16.6 Å². The highest BCUT2D eigenvalue weighted by Crippen LogP contribution is 2.51. The highest BCUT2D eigenvalue weighted by molar-refractivity contribution is 7.52. The molecule has 2 aromatic heterocycles. The number of hydrogen-bond acceptors (Lipinski definition) is 16. The number of anilines is 2. The Morgan fingerprint density at radius 1 is 1.17 bits per heavy atom. The van der Waals surface area contributed by atoms with Crippen LogP contribution in [0.2, 0.25) is 0 Å². The first kappa shape index (κ1) is 33.8. The van der Waals surface area contributed by atoms with Crippen LogP contribution in [0.25, 0.3) is 11.2 Å². The summed E-state index contributed by atoms with van der Waals surface area (Å²) < 4.78 is 55.0. The first-order valence-electron chi connectivity index (χ1n) is 14.8. The summed E-state index contributed by atoms with van der Waals surface area (Å²) in [7, 11) is -4.42. The van der Waals surface area contributed by atoms with Crippen LogP contribution in [-0.2, 0) is 48.8 Å². The number of carbonyl (C=O) groups excluding carboxylic acids is 3. The van der Waals surface area contributed by atoms with Crippen LogP contribution in [0, 0.1) is 0 Å². The molecule has 4 heterocycles. The van der Waals surface area contributed by atoms with Gasteiger partial charge in [-0.2, -0.15) is 15.1 Å². The van der Waals surface area contributed by atoms with E-state index in [0.29, 0.717) is 5.56 Å². The minimum Gasteiger partial charge on any atom is -0.466 e. The third kappa shape index (κ3) is 7.10. The first-order valence-corrected chi connectivity index (χ1v) is 16.3. The molecule has 2 aliphatic rings. The van der Waals surface area contributed by atoms with E-state index < -0.39 is 62.5 Å². The van der Waals surface area contributed by atoms with Gasteiger partial charge in [0.25, 0.3) is 0 Å². The van der Waals surface area contributed by atoms with E-state index in [1.807, 2.05) is 0 Å². The lowest BCUT2D eigenvalue weighted by atomic mass is 9.96. The highest BCUT2D eigenvalue weighted by atomic mass is 31.2. The third-order valence-corrected chi connectivity index (χ3v) is 9.07. The van der Waals surface area contributed by atoms with E-state index >= 15 is 0 Å². The second-order valence-electron chi connectivity index (χ2n) is 10.8. The fourth-order valence-electron chi connectivity index (χ4n) is 5.30. The maximum absolute atomic E-state index is 14.3. The number of nitrogens with two attached hydrogens (primary N) is 2. The molecule has 3 aromatic rings. The van der Waals surface area contributed by atoms with Crippen molar-refractivity contribution >= 4 is 48.8 Å². The van der Waals surface area contributed by atoms with E-state index in [-0.39, 0.29) is 54.7 Å². The van der Waals surface area contributed by atoms with Crippen LogP contribution in [0.3, 0.4) is 0 Å².